The van der Waals surface area contributed by atoms with Crippen molar-refractivity contribution in [1.82, 2.24) is 0 Å². The number of methoxy groups -OCH3 is 2. The van der Waals surface area contributed by atoms with Gasteiger partial charge in [-0.3, -0.25) is 9.59 Å². The second kappa shape index (κ2) is 6.47. The molecule has 1 N–H and O–H groups in total. The molecule has 1 atom stereocenters. The largest absolute Gasteiger partial charge is 0.507 e. The van der Waals surface area contributed by atoms with Gasteiger partial charge in [0.05, 0.1) is 26.2 Å². The smallest absolute Gasteiger partial charge is 0.174 e. The van der Waals surface area contributed by atoms with E-state index in [1.165, 1.54) is 7.11 Å². The number of phenolic OH excluding ortho intramolecular Hbond substituents is 1. The number of benzene rings is 2. The van der Waals surface area contributed by atoms with Gasteiger partial charge in [0.2, 0.25) is 0 Å². The van der Waals surface area contributed by atoms with Crippen LogP contribution < -0.4 is 14.2 Å². The average Bonchev–Trinajstić information content (AvgIpc) is 2.63. The molecule has 0 saturated heterocycles. The number of hydrogen-bond acceptors (Lipinski definition) is 6. The van der Waals surface area contributed by atoms with Crippen molar-refractivity contribution in [2.24, 2.45) is 0 Å². The van der Waals surface area contributed by atoms with Crippen LogP contribution in [-0.4, -0.2) is 31.4 Å². The number of aldehydes is 1. The van der Waals surface area contributed by atoms with Crippen LogP contribution in [0.1, 0.15) is 44.4 Å². The van der Waals surface area contributed by atoms with Gasteiger partial charge in [-0.15, -0.1) is 0 Å². The molecule has 1 aliphatic rings. The molecule has 25 heavy (non-hydrogen) atoms. The Kier molecular flexibility index (Phi) is 4.35. The van der Waals surface area contributed by atoms with Crippen molar-refractivity contribution < 1.29 is 28.9 Å². The Morgan fingerprint density at radius 3 is 2.68 bits per heavy atom. The quantitative estimate of drug-likeness (QED) is 0.859. The van der Waals surface area contributed by atoms with Crippen molar-refractivity contribution in [3.63, 3.8) is 0 Å². The molecule has 0 aromatic heterocycles. The van der Waals surface area contributed by atoms with Gasteiger partial charge < -0.3 is 19.3 Å². The summed E-state index contributed by atoms with van der Waals surface area (Å²) in [6.45, 7) is 1.59. The molecule has 0 spiro atoms. The monoisotopic (exact) mass is 342 g/mol. The highest BCUT2D eigenvalue weighted by atomic mass is 16.5. The van der Waals surface area contributed by atoms with Crippen molar-refractivity contribution in [2.45, 2.75) is 19.4 Å². The van der Waals surface area contributed by atoms with Crippen molar-refractivity contribution in [3.8, 4) is 23.0 Å². The Morgan fingerprint density at radius 1 is 1.28 bits per heavy atom. The zero-order valence-corrected chi connectivity index (χ0v) is 14.2. The minimum Gasteiger partial charge on any atom is -0.507 e. The van der Waals surface area contributed by atoms with E-state index in [0.717, 1.165) is 5.56 Å². The molecule has 0 bridgehead atoms. The maximum atomic E-state index is 12.6. The zero-order chi connectivity index (χ0) is 18.1. The maximum absolute atomic E-state index is 12.6. The third-order valence-electron chi connectivity index (χ3n) is 4.35. The number of hydrogen-bond donors (Lipinski definition) is 1. The predicted octanol–water partition coefficient (Wildman–Crippen LogP) is 3.24. The van der Waals surface area contributed by atoms with Gasteiger partial charge >= 0.3 is 0 Å². The molecular weight excluding hydrogens is 324 g/mol. The maximum Gasteiger partial charge on any atom is 0.174 e. The summed E-state index contributed by atoms with van der Waals surface area (Å²) in [5.74, 6) is 0.385. The first-order valence-corrected chi connectivity index (χ1v) is 7.74. The Hall–Kier alpha value is -3.02. The SMILES string of the molecule is COc1cccc(C2CC(=O)c3c(O)c(C)c(OC)c(C=O)c3O2)c1. The van der Waals surface area contributed by atoms with Crippen molar-refractivity contribution in [2.75, 3.05) is 14.2 Å². The van der Waals surface area contributed by atoms with E-state index < -0.39 is 6.10 Å². The molecule has 2 aromatic carbocycles. The standard InChI is InChI=1S/C19H18O6/c1-10-17(22)16-14(21)8-15(11-5-4-6-12(7-11)23-2)25-19(16)13(9-20)18(10)24-3/h4-7,9,15,22H,8H2,1-3H3. The lowest BCUT2D eigenvalue weighted by atomic mass is 9.91. The van der Waals surface area contributed by atoms with Gasteiger partial charge in [0.25, 0.3) is 0 Å². The molecule has 2 aromatic rings. The molecular formula is C19H18O6. The Morgan fingerprint density at radius 2 is 2.04 bits per heavy atom. The number of Topliss-reactive ketones (excluding diaryl/α,β-unsaturated/α-hetero) is 1. The highest BCUT2D eigenvalue weighted by Crippen LogP contribution is 2.47. The summed E-state index contributed by atoms with van der Waals surface area (Å²) in [6, 6.07) is 7.18. The zero-order valence-electron chi connectivity index (χ0n) is 14.2. The summed E-state index contributed by atoms with van der Waals surface area (Å²) in [7, 11) is 2.95. The van der Waals surface area contributed by atoms with Gasteiger partial charge in [-0.2, -0.15) is 0 Å². The van der Waals surface area contributed by atoms with E-state index in [1.54, 1.807) is 32.2 Å². The second-order valence-corrected chi connectivity index (χ2v) is 5.75. The molecule has 0 aliphatic carbocycles. The number of ketones is 1. The topological polar surface area (TPSA) is 82.1 Å². The van der Waals surface area contributed by atoms with Crippen LogP contribution >= 0.6 is 0 Å². The van der Waals surface area contributed by atoms with Crippen LogP contribution in [0, 0.1) is 6.92 Å². The molecule has 0 radical (unpaired) electrons. The minimum atomic E-state index is -0.583. The van der Waals surface area contributed by atoms with E-state index >= 15 is 0 Å². The van der Waals surface area contributed by atoms with Gasteiger partial charge in [-0.05, 0) is 24.6 Å². The first kappa shape index (κ1) is 16.8. The summed E-state index contributed by atoms with van der Waals surface area (Å²) in [4.78, 5) is 24.2. The second-order valence-electron chi connectivity index (χ2n) is 5.75. The highest BCUT2D eigenvalue weighted by molar-refractivity contribution is 6.06. The van der Waals surface area contributed by atoms with Gasteiger partial charge in [0, 0.05) is 5.56 Å². The molecule has 0 amide bonds. The average molecular weight is 342 g/mol. The molecule has 1 aliphatic heterocycles. The van der Waals surface area contributed by atoms with Crippen LogP contribution in [0.25, 0.3) is 0 Å². The Balaban J connectivity index is 2.14. The number of aromatic hydroxyl groups is 1. The summed E-state index contributed by atoms with van der Waals surface area (Å²) in [6.07, 6.45) is 0.0453. The molecule has 6 heteroatoms. The van der Waals surface area contributed by atoms with Gasteiger partial charge in [0.1, 0.15) is 34.7 Å². The fraction of sp³-hybridized carbons (Fsp3) is 0.263. The molecule has 1 heterocycles. The number of phenols is 1. The number of ether oxygens (including phenoxy) is 3. The lowest BCUT2D eigenvalue weighted by molar-refractivity contribution is 0.0841. The van der Waals surface area contributed by atoms with Crippen LogP contribution in [0.5, 0.6) is 23.0 Å². The molecule has 6 nitrogen and oxygen atoms in total. The van der Waals surface area contributed by atoms with Crippen LogP contribution in [0.2, 0.25) is 0 Å². The van der Waals surface area contributed by atoms with Crippen LogP contribution in [-0.2, 0) is 0 Å². The summed E-state index contributed by atoms with van der Waals surface area (Å²) >= 11 is 0. The van der Waals surface area contributed by atoms with Crippen LogP contribution in [0.3, 0.4) is 0 Å². The molecule has 0 saturated carbocycles. The van der Waals surface area contributed by atoms with Gasteiger partial charge in [-0.25, -0.2) is 0 Å². The summed E-state index contributed by atoms with van der Waals surface area (Å²) in [5.41, 5.74) is 1.22. The minimum absolute atomic E-state index is 0.0274. The number of rotatable bonds is 4. The lowest BCUT2D eigenvalue weighted by Gasteiger charge is -2.28. The van der Waals surface area contributed by atoms with E-state index in [2.05, 4.69) is 0 Å². The predicted molar refractivity (Wildman–Crippen MR) is 90.1 cm³/mol. The van der Waals surface area contributed by atoms with E-state index in [0.29, 0.717) is 17.6 Å². The fourth-order valence-electron chi connectivity index (χ4n) is 3.08. The number of carbonyl (C=O) groups excluding carboxylic acids is 2. The van der Waals surface area contributed by atoms with Crippen molar-refractivity contribution >= 4 is 12.1 Å². The summed E-state index contributed by atoms with van der Waals surface area (Å²) < 4.78 is 16.4. The van der Waals surface area contributed by atoms with E-state index in [1.807, 2.05) is 6.07 Å². The van der Waals surface area contributed by atoms with Crippen LogP contribution in [0.15, 0.2) is 24.3 Å². The van der Waals surface area contributed by atoms with Crippen LogP contribution in [0.4, 0.5) is 0 Å². The van der Waals surface area contributed by atoms with E-state index in [4.69, 9.17) is 14.2 Å². The van der Waals surface area contributed by atoms with Gasteiger partial charge in [0.15, 0.2) is 12.1 Å². The van der Waals surface area contributed by atoms with E-state index in [-0.39, 0.29) is 40.6 Å². The van der Waals surface area contributed by atoms with E-state index in [9.17, 15) is 14.7 Å². The van der Waals surface area contributed by atoms with Crippen molar-refractivity contribution in [3.05, 3.63) is 46.5 Å². The molecule has 1 unspecified atom stereocenters. The fourth-order valence-corrected chi connectivity index (χ4v) is 3.08. The third kappa shape index (κ3) is 2.69. The molecule has 0 fully saturated rings. The normalized spacial score (nSPS) is 16.0. The first-order chi connectivity index (χ1) is 12.0. The Bertz CT molecular complexity index is 855. The number of carbonyl (C=O) groups is 2. The molecule has 3 rings (SSSR count). The van der Waals surface area contributed by atoms with Gasteiger partial charge in [-0.1, -0.05) is 12.1 Å². The highest BCUT2D eigenvalue weighted by Gasteiger charge is 2.35. The van der Waals surface area contributed by atoms with Crippen molar-refractivity contribution in [1.29, 1.82) is 0 Å². The molecule has 130 valence electrons. The third-order valence-corrected chi connectivity index (χ3v) is 4.35. The Labute approximate surface area is 144 Å². The number of fused-ring (bicyclic) bond motifs is 1. The summed E-state index contributed by atoms with van der Waals surface area (Å²) in [5, 5.41) is 10.4. The first-order valence-electron chi connectivity index (χ1n) is 7.74. The lowest BCUT2D eigenvalue weighted by Crippen LogP contribution is -2.22.